The molecule has 3 nitrogen and oxygen atoms in total. The minimum atomic E-state index is 0.00842. The zero-order valence-electron chi connectivity index (χ0n) is 14.9. The van der Waals surface area contributed by atoms with Crippen molar-refractivity contribution >= 4 is 28.4 Å². The Kier molecular flexibility index (Phi) is 4.99. The first-order valence-electron chi connectivity index (χ1n) is 8.81. The third kappa shape index (κ3) is 3.76. The molecule has 2 aromatic heterocycles. The van der Waals surface area contributed by atoms with Crippen molar-refractivity contribution in [3.05, 3.63) is 116 Å². The number of aromatic amines is 2. The molecule has 0 aliphatic heterocycles. The Balaban J connectivity index is 1.71. The van der Waals surface area contributed by atoms with Gasteiger partial charge in [0, 0.05) is 26.7 Å². The van der Waals surface area contributed by atoms with Crippen LogP contribution in [0.15, 0.2) is 79.0 Å². The summed E-state index contributed by atoms with van der Waals surface area (Å²) in [7, 11) is 0. The molecule has 2 heterocycles. The molecular weight excluding hydrogens is 447 g/mol. The fraction of sp³-hybridized carbons (Fsp3) is 0.0870. The Morgan fingerprint density at radius 2 is 1.63 bits per heavy atom. The monoisotopic (exact) mass is 466 g/mol. The fourth-order valence-corrected chi connectivity index (χ4v) is 3.64. The Labute approximate surface area is 172 Å². The van der Waals surface area contributed by atoms with Crippen LogP contribution in [0.1, 0.15) is 44.5 Å². The van der Waals surface area contributed by atoms with Crippen LogP contribution >= 0.6 is 22.6 Å². The van der Waals surface area contributed by atoms with Gasteiger partial charge >= 0.3 is 0 Å². The van der Waals surface area contributed by atoms with Gasteiger partial charge in [-0.15, -0.1) is 0 Å². The van der Waals surface area contributed by atoms with Crippen molar-refractivity contribution in [1.82, 2.24) is 9.97 Å². The summed E-state index contributed by atoms with van der Waals surface area (Å²) in [6, 6.07) is 24.1. The van der Waals surface area contributed by atoms with E-state index in [1.54, 1.807) is 0 Å². The summed E-state index contributed by atoms with van der Waals surface area (Å²) in [5, 5.41) is 0. The Morgan fingerprint density at radius 3 is 2.30 bits per heavy atom. The second-order valence-corrected chi connectivity index (χ2v) is 7.88. The predicted molar refractivity (Wildman–Crippen MR) is 116 cm³/mol. The van der Waals surface area contributed by atoms with Gasteiger partial charge in [0.15, 0.2) is 0 Å². The molecule has 0 spiro atoms. The van der Waals surface area contributed by atoms with E-state index in [1.807, 2.05) is 55.6 Å². The van der Waals surface area contributed by atoms with Gasteiger partial charge in [0.2, 0.25) is 5.78 Å². The number of nitrogens with one attached hydrogen (secondary N) is 2. The van der Waals surface area contributed by atoms with Crippen molar-refractivity contribution in [1.29, 1.82) is 0 Å². The molecule has 0 radical (unpaired) electrons. The normalized spacial score (nSPS) is 12.1. The molecular formula is C23H19IN2O. The van der Waals surface area contributed by atoms with Crippen molar-refractivity contribution in [3.8, 4) is 0 Å². The van der Waals surface area contributed by atoms with Gasteiger partial charge in [-0.25, -0.2) is 0 Å². The van der Waals surface area contributed by atoms with E-state index in [0.717, 1.165) is 17.0 Å². The number of halogens is 1. The van der Waals surface area contributed by atoms with E-state index in [1.165, 1.54) is 9.13 Å². The van der Waals surface area contributed by atoms with Gasteiger partial charge in [-0.05, 0) is 71.5 Å². The third-order valence-electron chi connectivity index (χ3n) is 4.71. The summed E-state index contributed by atoms with van der Waals surface area (Å²) in [4.78, 5) is 19.5. The zero-order valence-corrected chi connectivity index (χ0v) is 17.0. The molecule has 0 aliphatic rings. The number of hydrogen-bond donors (Lipinski definition) is 2. The molecule has 0 aliphatic carbocycles. The van der Waals surface area contributed by atoms with Crippen molar-refractivity contribution in [2.75, 3.05) is 0 Å². The molecule has 134 valence electrons. The van der Waals surface area contributed by atoms with Crippen LogP contribution in [0.5, 0.6) is 0 Å². The quantitative estimate of drug-likeness (QED) is 0.289. The summed E-state index contributed by atoms with van der Waals surface area (Å²) in [6.07, 6.45) is 1.93. The minimum absolute atomic E-state index is 0.00842. The van der Waals surface area contributed by atoms with Crippen LogP contribution in [-0.2, 0) is 0 Å². The van der Waals surface area contributed by atoms with Gasteiger partial charge in [0.1, 0.15) is 0 Å². The fourth-order valence-electron chi connectivity index (χ4n) is 3.28. The summed E-state index contributed by atoms with van der Waals surface area (Å²) in [5.74, 6) is 0.0330. The van der Waals surface area contributed by atoms with E-state index in [-0.39, 0.29) is 11.7 Å². The number of rotatable bonds is 5. The van der Waals surface area contributed by atoms with Crippen LogP contribution in [0.3, 0.4) is 0 Å². The van der Waals surface area contributed by atoms with Crippen molar-refractivity contribution in [2.24, 2.45) is 0 Å². The largest absolute Gasteiger partial charge is 0.364 e. The minimum Gasteiger partial charge on any atom is -0.364 e. The maximum atomic E-state index is 12.8. The lowest BCUT2D eigenvalue weighted by atomic mass is 9.93. The highest BCUT2D eigenvalue weighted by molar-refractivity contribution is 14.1. The Bertz CT molecular complexity index is 1040. The van der Waals surface area contributed by atoms with Crippen LogP contribution < -0.4 is 0 Å². The van der Waals surface area contributed by atoms with Crippen LogP contribution in [0, 0.1) is 10.5 Å². The molecule has 4 aromatic rings. The number of benzene rings is 2. The predicted octanol–water partition coefficient (Wildman–Crippen LogP) is 5.67. The molecule has 2 N–H and O–H groups in total. The smallest absolute Gasteiger partial charge is 0.209 e. The average molecular weight is 466 g/mol. The molecule has 2 aromatic carbocycles. The molecule has 1 unspecified atom stereocenters. The van der Waals surface area contributed by atoms with Gasteiger partial charge in [-0.1, -0.05) is 42.0 Å². The van der Waals surface area contributed by atoms with Gasteiger partial charge in [0.05, 0.1) is 11.6 Å². The van der Waals surface area contributed by atoms with Crippen molar-refractivity contribution in [3.63, 3.8) is 0 Å². The van der Waals surface area contributed by atoms with Crippen LogP contribution in [-0.4, -0.2) is 15.8 Å². The van der Waals surface area contributed by atoms with Crippen LogP contribution in [0.2, 0.25) is 0 Å². The van der Waals surface area contributed by atoms with E-state index >= 15 is 0 Å². The first-order valence-corrected chi connectivity index (χ1v) is 9.89. The van der Waals surface area contributed by atoms with E-state index in [0.29, 0.717) is 11.3 Å². The zero-order chi connectivity index (χ0) is 18.8. The molecule has 0 saturated carbocycles. The second-order valence-electron chi connectivity index (χ2n) is 6.63. The SMILES string of the molecule is Cc1ccc(C(=O)c2ccc(C(c3ccc(I)cc3)c3ccc[nH]3)[nH]2)cc1. The van der Waals surface area contributed by atoms with E-state index in [2.05, 4.69) is 62.9 Å². The molecule has 0 bridgehead atoms. The first kappa shape index (κ1) is 17.8. The van der Waals surface area contributed by atoms with E-state index in [4.69, 9.17) is 0 Å². The maximum absolute atomic E-state index is 12.8. The number of aryl methyl sites for hydroxylation is 1. The first-order chi connectivity index (χ1) is 13.1. The molecule has 4 rings (SSSR count). The molecule has 1 atom stereocenters. The van der Waals surface area contributed by atoms with Gasteiger partial charge in [-0.3, -0.25) is 4.79 Å². The lowest BCUT2D eigenvalue weighted by Gasteiger charge is -2.15. The number of aromatic nitrogens is 2. The van der Waals surface area contributed by atoms with E-state index in [9.17, 15) is 4.79 Å². The number of H-pyrrole nitrogens is 2. The number of carbonyl (C=O) groups excluding carboxylic acids is 1. The third-order valence-corrected chi connectivity index (χ3v) is 5.43. The summed E-state index contributed by atoms with van der Waals surface area (Å²) in [6.45, 7) is 2.02. The Hall–Kier alpha value is -2.60. The molecule has 0 amide bonds. The Morgan fingerprint density at radius 1 is 0.889 bits per heavy atom. The highest BCUT2D eigenvalue weighted by Gasteiger charge is 2.21. The van der Waals surface area contributed by atoms with Crippen LogP contribution in [0.25, 0.3) is 0 Å². The average Bonchev–Trinajstić information content (AvgIpc) is 3.36. The molecule has 4 heteroatoms. The number of carbonyl (C=O) groups is 1. The lowest BCUT2D eigenvalue weighted by molar-refractivity contribution is 0.103. The lowest BCUT2D eigenvalue weighted by Crippen LogP contribution is -2.06. The topological polar surface area (TPSA) is 48.6 Å². The molecule has 0 saturated heterocycles. The number of ketones is 1. The van der Waals surface area contributed by atoms with Gasteiger partial charge < -0.3 is 9.97 Å². The molecule has 27 heavy (non-hydrogen) atoms. The summed E-state index contributed by atoms with van der Waals surface area (Å²) < 4.78 is 1.20. The summed E-state index contributed by atoms with van der Waals surface area (Å²) >= 11 is 2.31. The second kappa shape index (κ2) is 7.56. The van der Waals surface area contributed by atoms with Gasteiger partial charge in [0.25, 0.3) is 0 Å². The molecule has 0 fully saturated rings. The highest BCUT2D eigenvalue weighted by Crippen LogP contribution is 2.31. The van der Waals surface area contributed by atoms with Crippen molar-refractivity contribution < 1.29 is 4.79 Å². The van der Waals surface area contributed by atoms with Gasteiger partial charge in [-0.2, -0.15) is 0 Å². The number of hydrogen-bond acceptors (Lipinski definition) is 1. The highest BCUT2D eigenvalue weighted by atomic mass is 127. The van der Waals surface area contributed by atoms with E-state index < -0.39 is 0 Å². The standard InChI is InChI=1S/C23H19IN2O/c1-15-4-6-17(7-5-15)23(27)21-13-12-20(26-21)22(19-3-2-14-25-19)16-8-10-18(24)11-9-16/h2-14,22,25-26H,1H3. The van der Waals surface area contributed by atoms with Crippen molar-refractivity contribution in [2.45, 2.75) is 12.8 Å². The maximum Gasteiger partial charge on any atom is 0.209 e. The van der Waals surface area contributed by atoms with Crippen LogP contribution in [0.4, 0.5) is 0 Å². The summed E-state index contributed by atoms with van der Waals surface area (Å²) in [5.41, 5.74) is 5.70.